The Morgan fingerprint density at radius 3 is 2.73 bits per heavy atom. The number of benzene rings is 2. The summed E-state index contributed by atoms with van der Waals surface area (Å²) < 4.78 is 17.5. The highest BCUT2D eigenvalue weighted by molar-refractivity contribution is 7.99. The summed E-state index contributed by atoms with van der Waals surface area (Å²) in [6.07, 6.45) is 4.14. The Morgan fingerprint density at radius 1 is 1.09 bits per heavy atom. The highest BCUT2D eigenvalue weighted by atomic mass is 35.5. The van der Waals surface area contributed by atoms with Gasteiger partial charge in [-0.05, 0) is 18.6 Å². The van der Waals surface area contributed by atoms with Crippen LogP contribution in [0.4, 0.5) is 5.69 Å². The maximum atomic E-state index is 6.38. The van der Waals surface area contributed by atoms with Crippen LogP contribution in [-0.4, -0.2) is 35.2 Å². The molecule has 0 spiro atoms. The number of nitrogens with one attached hydrogen (secondary N) is 1. The molecule has 4 rings (SSSR count). The van der Waals surface area contributed by atoms with E-state index in [0.717, 1.165) is 23.4 Å². The molecule has 7 nitrogen and oxygen atoms in total. The molecule has 174 valence electrons. The molecule has 0 radical (unpaired) electrons. The summed E-state index contributed by atoms with van der Waals surface area (Å²) in [5.74, 6) is 2.41. The van der Waals surface area contributed by atoms with E-state index in [-0.39, 0.29) is 0 Å². The largest absolute Gasteiger partial charge is 0.493 e. The number of nitrogens with zero attached hydrogens (tertiary/aromatic N) is 3. The van der Waals surface area contributed by atoms with Crippen LogP contribution in [0, 0.1) is 0 Å². The quantitative estimate of drug-likeness (QED) is 0.275. The van der Waals surface area contributed by atoms with Crippen molar-refractivity contribution in [1.29, 1.82) is 0 Å². The van der Waals surface area contributed by atoms with Gasteiger partial charge in [0.1, 0.15) is 0 Å². The lowest BCUT2D eigenvalue weighted by molar-refractivity contribution is 0.218. The van der Waals surface area contributed by atoms with Crippen LogP contribution in [0.5, 0.6) is 17.4 Å². The first-order valence-corrected chi connectivity index (χ1v) is 12.3. The second-order valence-electron chi connectivity index (χ2n) is 7.58. The van der Waals surface area contributed by atoms with Crippen LogP contribution >= 0.6 is 23.4 Å². The number of thioether (sulfide) groups is 1. The Kier molecular flexibility index (Phi) is 7.77. The number of halogens is 1. The number of fused-ring (bicyclic) bond motifs is 3. The van der Waals surface area contributed by atoms with Crippen molar-refractivity contribution in [3.63, 3.8) is 0 Å². The predicted octanol–water partition coefficient (Wildman–Crippen LogP) is 6.38. The van der Waals surface area contributed by atoms with Crippen LogP contribution in [0.15, 0.2) is 41.6 Å². The molecule has 0 saturated carbocycles. The van der Waals surface area contributed by atoms with E-state index in [2.05, 4.69) is 22.4 Å². The van der Waals surface area contributed by atoms with Gasteiger partial charge in [-0.3, -0.25) is 0 Å². The molecule has 1 aromatic heterocycles. The highest BCUT2D eigenvalue weighted by Gasteiger charge is 2.29. The van der Waals surface area contributed by atoms with Gasteiger partial charge in [0.15, 0.2) is 17.2 Å². The standard InChI is InChI=1S/C24H27ClN4O3S/c1-4-5-6-9-12-33-24-27-23-20(28-29-24)16-10-7-8-11-18(16)26-22(32-23)17-13-15(25)14-19(30-2)21(17)31-3/h7-8,10-11,13-14,22,26H,4-6,9,12H2,1-3H3. The molecule has 0 aliphatic carbocycles. The number of para-hydroxylation sites is 1. The van der Waals surface area contributed by atoms with Crippen molar-refractivity contribution >= 4 is 29.1 Å². The molecular weight excluding hydrogens is 460 g/mol. The van der Waals surface area contributed by atoms with E-state index < -0.39 is 6.23 Å². The fourth-order valence-electron chi connectivity index (χ4n) is 3.70. The molecule has 33 heavy (non-hydrogen) atoms. The molecule has 1 aliphatic heterocycles. The summed E-state index contributed by atoms with van der Waals surface area (Å²) in [5, 5.41) is 13.4. The number of rotatable bonds is 9. The molecule has 1 N–H and O–H groups in total. The van der Waals surface area contributed by atoms with Crippen LogP contribution < -0.4 is 19.5 Å². The summed E-state index contributed by atoms with van der Waals surface area (Å²) >= 11 is 7.97. The lowest BCUT2D eigenvalue weighted by Gasteiger charge is -2.22. The van der Waals surface area contributed by atoms with Crippen molar-refractivity contribution < 1.29 is 14.2 Å². The van der Waals surface area contributed by atoms with Crippen molar-refractivity contribution in [2.24, 2.45) is 0 Å². The van der Waals surface area contributed by atoms with Gasteiger partial charge < -0.3 is 19.5 Å². The summed E-state index contributed by atoms with van der Waals surface area (Å²) in [6, 6.07) is 11.3. The van der Waals surface area contributed by atoms with Crippen LogP contribution in [0.2, 0.25) is 5.02 Å². The van der Waals surface area contributed by atoms with Gasteiger partial charge >= 0.3 is 0 Å². The molecule has 0 bridgehead atoms. The summed E-state index contributed by atoms with van der Waals surface area (Å²) in [5.41, 5.74) is 2.99. The van der Waals surface area contributed by atoms with Gasteiger partial charge in [0.05, 0.1) is 19.8 Å². The van der Waals surface area contributed by atoms with Gasteiger partial charge in [-0.1, -0.05) is 67.7 Å². The maximum Gasteiger partial charge on any atom is 0.247 e. The zero-order valence-corrected chi connectivity index (χ0v) is 20.5. The minimum absolute atomic E-state index is 0.407. The van der Waals surface area contributed by atoms with Crippen LogP contribution in [0.25, 0.3) is 11.3 Å². The fraction of sp³-hybridized carbons (Fsp3) is 0.375. The number of anilines is 1. The third-order valence-electron chi connectivity index (χ3n) is 5.32. The molecule has 9 heteroatoms. The SMILES string of the molecule is CCCCCCSc1nnc2c(n1)OC(c1cc(Cl)cc(OC)c1OC)Nc1ccccc1-2. The van der Waals surface area contributed by atoms with E-state index in [0.29, 0.717) is 38.8 Å². The summed E-state index contributed by atoms with van der Waals surface area (Å²) in [7, 11) is 3.16. The highest BCUT2D eigenvalue weighted by Crippen LogP contribution is 2.44. The molecule has 0 amide bonds. The number of hydrogen-bond acceptors (Lipinski definition) is 8. The van der Waals surface area contributed by atoms with Gasteiger partial charge in [0.25, 0.3) is 0 Å². The minimum atomic E-state index is -0.631. The average Bonchev–Trinajstić information content (AvgIpc) is 2.99. The average molecular weight is 487 g/mol. The Balaban J connectivity index is 1.71. The third-order valence-corrected chi connectivity index (χ3v) is 6.46. The van der Waals surface area contributed by atoms with E-state index in [9.17, 15) is 0 Å². The van der Waals surface area contributed by atoms with E-state index in [1.54, 1.807) is 38.1 Å². The predicted molar refractivity (Wildman–Crippen MR) is 132 cm³/mol. The number of methoxy groups -OCH3 is 2. The van der Waals surface area contributed by atoms with E-state index in [1.807, 2.05) is 24.3 Å². The maximum absolute atomic E-state index is 6.38. The molecule has 3 aromatic rings. The third kappa shape index (κ3) is 5.28. The van der Waals surface area contributed by atoms with Crippen LogP contribution in [0.3, 0.4) is 0 Å². The van der Waals surface area contributed by atoms with Crippen LogP contribution in [0.1, 0.15) is 44.4 Å². The molecule has 1 atom stereocenters. The van der Waals surface area contributed by atoms with Crippen molar-refractivity contribution in [2.75, 3.05) is 25.3 Å². The molecule has 1 aliphatic rings. The van der Waals surface area contributed by atoms with E-state index in [4.69, 9.17) is 30.8 Å². The first kappa shape index (κ1) is 23.4. The van der Waals surface area contributed by atoms with Gasteiger partial charge in [0, 0.05) is 28.1 Å². The Morgan fingerprint density at radius 2 is 1.94 bits per heavy atom. The summed E-state index contributed by atoms with van der Waals surface area (Å²) in [4.78, 5) is 4.71. The first-order chi connectivity index (χ1) is 16.1. The van der Waals surface area contributed by atoms with Crippen LogP contribution in [-0.2, 0) is 0 Å². The molecule has 1 unspecified atom stereocenters. The number of hydrogen-bond donors (Lipinski definition) is 1. The second kappa shape index (κ2) is 10.9. The van der Waals surface area contributed by atoms with E-state index >= 15 is 0 Å². The zero-order valence-electron chi connectivity index (χ0n) is 18.9. The summed E-state index contributed by atoms with van der Waals surface area (Å²) in [6.45, 7) is 2.21. The van der Waals surface area contributed by atoms with Crippen molar-refractivity contribution in [3.05, 3.63) is 47.0 Å². The fourth-order valence-corrected chi connectivity index (χ4v) is 4.69. The smallest absolute Gasteiger partial charge is 0.247 e. The van der Waals surface area contributed by atoms with E-state index in [1.165, 1.54) is 19.3 Å². The van der Waals surface area contributed by atoms with Gasteiger partial charge in [0.2, 0.25) is 17.3 Å². The van der Waals surface area contributed by atoms with Crippen molar-refractivity contribution in [1.82, 2.24) is 15.2 Å². The second-order valence-corrected chi connectivity index (χ2v) is 9.07. The monoisotopic (exact) mass is 486 g/mol. The molecule has 0 saturated heterocycles. The zero-order chi connectivity index (χ0) is 23.2. The lowest BCUT2D eigenvalue weighted by atomic mass is 10.1. The van der Waals surface area contributed by atoms with Crippen molar-refractivity contribution in [2.45, 2.75) is 44.0 Å². The molecule has 2 heterocycles. The topological polar surface area (TPSA) is 78.4 Å². The normalized spacial score (nSPS) is 14.4. The number of ether oxygens (including phenoxy) is 3. The van der Waals surface area contributed by atoms with Crippen molar-refractivity contribution in [3.8, 4) is 28.6 Å². The Hall–Kier alpha value is -2.71. The minimum Gasteiger partial charge on any atom is -0.493 e. The molecular formula is C24H27ClN4O3S. The number of unbranched alkanes of at least 4 members (excludes halogenated alkanes) is 3. The molecule has 2 aromatic carbocycles. The Labute approximate surface area is 203 Å². The number of aromatic nitrogens is 3. The van der Waals surface area contributed by atoms with Gasteiger partial charge in [-0.25, -0.2) is 0 Å². The first-order valence-electron chi connectivity index (χ1n) is 11.0. The Bertz CT molecular complexity index is 1120. The van der Waals surface area contributed by atoms with Gasteiger partial charge in [-0.15, -0.1) is 10.2 Å². The van der Waals surface area contributed by atoms with Gasteiger partial charge in [-0.2, -0.15) is 4.98 Å². The lowest BCUT2D eigenvalue weighted by Crippen LogP contribution is -2.18. The molecule has 0 fully saturated rings.